The van der Waals surface area contributed by atoms with E-state index in [0.717, 1.165) is 5.69 Å². The second-order valence-electron chi connectivity index (χ2n) is 6.58. The van der Waals surface area contributed by atoms with Gasteiger partial charge >= 0.3 is 0 Å². The van der Waals surface area contributed by atoms with Crippen LogP contribution in [0.2, 0.25) is 0 Å². The minimum Gasteiger partial charge on any atom is -0.287 e. The predicted molar refractivity (Wildman–Crippen MR) is 120 cm³/mol. The summed E-state index contributed by atoms with van der Waals surface area (Å²) >= 11 is 0. The summed E-state index contributed by atoms with van der Waals surface area (Å²) in [6, 6.07) is 27.5. The van der Waals surface area contributed by atoms with Crippen LogP contribution in [0.1, 0.15) is 12.6 Å². The Bertz CT molecular complexity index is 841. The quantitative estimate of drug-likeness (QED) is 0.447. The van der Waals surface area contributed by atoms with Gasteiger partial charge in [0.1, 0.15) is 0 Å². The molecule has 1 saturated carbocycles. The molecule has 1 fully saturated rings. The Morgan fingerprint density at radius 3 is 2.07 bits per heavy atom. The highest BCUT2D eigenvalue weighted by Crippen LogP contribution is 2.57. The van der Waals surface area contributed by atoms with Crippen LogP contribution >= 0.6 is 7.92 Å². The van der Waals surface area contributed by atoms with Gasteiger partial charge in [-0.15, -0.1) is 0 Å². The maximum atomic E-state index is 4.79. The second-order valence-corrected chi connectivity index (χ2v) is 8.77. The Balaban J connectivity index is 1.61. The van der Waals surface area contributed by atoms with E-state index in [1.807, 2.05) is 24.4 Å². The van der Waals surface area contributed by atoms with Crippen molar-refractivity contribution in [2.45, 2.75) is 13.0 Å². The van der Waals surface area contributed by atoms with Crippen molar-refractivity contribution in [3.05, 3.63) is 122 Å². The van der Waals surface area contributed by atoms with Gasteiger partial charge in [-0.1, -0.05) is 66.7 Å². The number of pyridine rings is 1. The molecule has 1 atom stereocenters. The van der Waals surface area contributed by atoms with Crippen molar-refractivity contribution in [1.29, 1.82) is 0 Å². The summed E-state index contributed by atoms with van der Waals surface area (Å²) in [7, 11) is -0.617. The molecule has 1 heterocycles. The van der Waals surface area contributed by atoms with Gasteiger partial charge in [0.25, 0.3) is 0 Å². The van der Waals surface area contributed by atoms with E-state index >= 15 is 0 Å². The highest BCUT2D eigenvalue weighted by molar-refractivity contribution is 7.76. The fourth-order valence-corrected chi connectivity index (χ4v) is 5.83. The van der Waals surface area contributed by atoms with Crippen LogP contribution in [-0.2, 0) is 0 Å². The molecule has 2 nitrogen and oxygen atoms in total. The van der Waals surface area contributed by atoms with Crippen LogP contribution in [0.15, 0.2) is 90.1 Å². The van der Waals surface area contributed by atoms with E-state index in [4.69, 9.17) is 4.99 Å². The molecule has 28 heavy (non-hydrogen) atoms. The topological polar surface area (TPSA) is 25.2 Å². The first-order chi connectivity index (χ1) is 13.8. The zero-order chi connectivity index (χ0) is 19.2. The molecule has 1 aromatic heterocycles. The van der Waals surface area contributed by atoms with Gasteiger partial charge in [-0.05, 0) is 56.8 Å². The van der Waals surface area contributed by atoms with Crippen molar-refractivity contribution in [2.75, 3.05) is 0 Å². The SMILES string of the molecule is C[C@H](N=Cc1ccccn1)[C]1[CH][CH][CH][C]1P(c1ccccc1)c1ccccc1. The van der Waals surface area contributed by atoms with E-state index in [9.17, 15) is 0 Å². The second kappa shape index (κ2) is 9.26. The lowest BCUT2D eigenvalue weighted by molar-refractivity contribution is 0.798. The van der Waals surface area contributed by atoms with Gasteiger partial charge < -0.3 is 0 Å². The third-order valence-electron chi connectivity index (χ3n) is 4.66. The Hall–Kier alpha value is -2.31. The summed E-state index contributed by atoms with van der Waals surface area (Å²) < 4.78 is 0. The first-order valence-electron chi connectivity index (χ1n) is 9.43. The molecule has 2 aromatic carbocycles. The molecule has 137 valence electrons. The van der Waals surface area contributed by atoms with Gasteiger partial charge in [0, 0.05) is 24.0 Å². The molecule has 3 aromatic rings. The Kier molecular flexibility index (Phi) is 6.29. The fourth-order valence-electron chi connectivity index (χ4n) is 3.28. The lowest BCUT2D eigenvalue weighted by Gasteiger charge is -2.30. The summed E-state index contributed by atoms with van der Waals surface area (Å²) in [5.74, 6) is 1.28. The number of benzene rings is 2. The van der Waals surface area contributed by atoms with Crippen molar-refractivity contribution in [2.24, 2.45) is 4.99 Å². The lowest BCUT2D eigenvalue weighted by atomic mass is 10.00. The average molecular weight is 381 g/mol. The summed E-state index contributed by atoms with van der Waals surface area (Å²) in [5, 5.41) is 2.72. The number of aromatic nitrogens is 1. The largest absolute Gasteiger partial charge is 0.287 e. The van der Waals surface area contributed by atoms with Crippen molar-refractivity contribution >= 4 is 24.7 Å². The Labute approximate surface area is 169 Å². The smallest absolute Gasteiger partial charge is 0.0807 e. The molecule has 3 heteroatoms. The normalized spacial score (nSPS) is 16.8. The minimum absolute atomic E-state index is 0.0735. The monoisotopic (exact) mass is 381 g/mol. The first kappa shape index (κ1) is 19.0. The van der Waals surface area contributed by atoms with E-state index in [-0.39, 0.29) is 6.04 Å². The summed E-state index contributed by atoms with van der Waals surface area (Å²) in [6.45, 7) is 2.15. The molecule has 0 amide bonds. The summed E-state index contributed by atoms with van der Waals surface area (Å²) in [4.78, 5) is 9.13. The average Bonchev–Trinajstić information content (AvgIpc) is 3.24. The van der Waals surface area contributed by atoms with Gasteiger partial charge in [0.2, 0.25) is 0 Å². The number of hydrogen-bond donors (Lipinski definition) is 0. The summed E-state index contributed by atoms with van der Waals surface area (Å²) in [6.07, 6.45) is 10.3. The first-order valence-corrected chi connectivity index (χ1v) is 10.8. The van der Waals surface area contributed by atoms with Crippen LogP contribution in [0.4, 0.5) is 0 Å². The van der Waals surface area contributed by atoms with Crippen LogP contribution in [0, 0.1) is 30.8 Å². The molecule has 0 aliphatic heterocycles. The molecular formula is C25H22N2P. The summed E-state index contributed by atoms with van der Waals surface area (Å²) in [5.41, 5.74) is 2.26. The molecule has 0 N–H and O–H groups in total. The molecule has 0 unspecified atom stereocenters. The lowest BCUT2D eigenvalue weighted by Crippen LogP contribution is -2.23. The molecule has 1 aliphatic carbocycles. The van der Waals surface area contributed by atoms with E-state index < -0.39 is 7.92 Å². The van der Waals surface area contributed by atoms with Gasteiger partial charge in [-0.3, -0.25) is 9.98 Å². The minimum atomic E-state index is -0.617. The zero-order valence-corrected chi connectivity index (χ0v) is 16.7. The molecule has 0 bridgehead atoms. The van der Waals surface area contributed by atoms with Crippen molar-refractivity contribution in [3.8, 4) is 0 Å². The van der Waals surface area contributed by atoms with Gasteiger partial charge in [-0.2, -0.15) is 0 Å². The van der Waals surface area contributed by atoms with Crippen LogP contribution in [0.3, 0.4) is 0 Å². The van der Waals surface area contributed by atoms with Crippen molar-refractivity contribution in [1.82, 2.24) is 4.98 Å². The van der Waals surface area contributed by atoms with Gasteiger partial charge in [-0.25, -0.2) is 0 Å². The highest BCUT2D eigenvalue weighted by atomic mass is 31.1. The number of rotatable bonds is 6. The maximum absolute atomic E-state index is 4.79. The fraction of sp³-hybridized carbons (Fsp3) is 0.0800. The molecular weight excluding hydrogens is 359 g/mol. The molecule has 0 saturated heterocycles. The molecule has 0 spiro atoms. The third kappa shape index (κ3) is 4.39. The van der Waals surface area contributed by atoms with E-state index in [1.165, 1.54) is 22.2 Å². The predicted octanol–water partition coefficient (Wildman–Crippen LogP) is 4.75. The van der Waals surface area contributed by atoms with Crippen molar-refractivity contribution in [3.63, 3.8) is 0 Å². The Morgan fingerprint density at radius 2 is 1.46 bits per heavy atom. The maximum Gasteiger partial charge on any atom is 0.0807 e. The van der Waals surface area contributed by atoms with Gasteiger partial charge in [0.15, 0.2) is 0 Å². The third-order valence-corrected chi connectivity index (χ3v) is 7.18. The molecule has 5 radical (unpaired) electrons. The van der Waals surface area contributed by atoms with E-state index in [1.54, 1.807) is 6.20 Å². The molecule has 4 rings (SSSR count). The standard InChI is InChI=1S/C25H22N2P/c1-20(27-19-21-11-8-9-18-26-21)24-16-10-17-25(24)28(22-12-4-2-5-13-22)23-14-6-3-7-15-23/h2-20H,1H3/t20-/m0/s1. The van der Waals surface area contributed by atoms with Crippen LogP contribution < -0.4 is 10.6 Å². The van der Waals surface area contributed by atoms with E-state index in [0.29, 0.717) is 0 Å². The number of aliphatic imine (C=N–C) groups is 1. The van der Waals surface area contributed by atoms with Crippen LogP contribution in [0.25, 0.3) is 0 Å². The zero-order valence-electron chi connectivity index (χ0n) is 15.8. The van der Waals surface area contributed by atoms with Crippen LogP contribution in [0.5, 0.6) is 0 Å². The van der Waals surface area contributed by atoms with Crippen molar-refractivity contribution < 1.29 is 0 Å². The Morgan fingerprint density at radius 1 is 0.821 bits per heavy atom. The van der Waals surface area contributed by atoms with Gasteiger partial charge in [0.05, 0.1) is 11.7 Å². The number of nitrogens with zero attached hydrogens (tertiary/aromatic N) is 2. The van der Waals surface area contributed by atoms with E-state index in [2.05, 4.69) is 91.8 Å². The number of hydrogen-bond acceptors (Lipinski definition) is 2. The van der Waals surface area contributed by atoms with Crippen LogP contribution in [-0.4, -0.2) is 17.2 Å². The molecule has 1 aliphatic rings. The highest BCUT2D eigenvalue weighted by Gasteiger charge is 2.39.